The van der Waals surface area contributed by atoms with Crippen molar-refractivity contribution in [3.63, 3.8) is 0 Å². The molecule has 0 amide bonds. The SMILES string of the molecule is COC(=O)CC1(CSCc2nc(C)c(C)s2)CC1. The first kappa shape index (κ1) is 13.9. The number of esters is 1. The Balaban J connectivity index is 1.77. The number of methoxy groups -OCH3 is 1. The molecule has 0 N–H and O–H groups in total. The second-order valence-electron chi connectivity index (χ2n) is 4.99. The fourth-order valence-electron chi connectivity index (χ4n) is 1.88. The molecule has 5 heteroatoms. The van der Waals surface area contributed by atoms with E-state index < -0.39 is 0 Å². The number of hydrogen-bond acceptors (Lipinski definition) is 5. The standard InChI is InChI=1S/C13H19NO2S2/c1-9-10(2)18-11(14-9)7-17-8-13(4-5-13)6-12(15)16-3/h4-8H2,1-3H3. The summed E-state index contributed by atoms with van der Waals surface area (Å²) < 4.78 is 4.75. The summed E-state index contributed by atoms with van der Waals surface area (Å²) in [6, 6.07) is 0. The number of nitrogens with zero attached hydrogens (tertiary/aromatic N) is 1. The molecule has 1 aromatic rings. The van der Waals surface area contributed by atoms with Crippen molar-refractivity contribution in [2.45, 2.75) is 38.9 Å². The Kier molecular flexibility index (Phi) is 4.33. The maximum atomic E-state index is 11.3. The monoisotopic (exact) mass is 285 g/mol. The molecule has 1 heterocycles. The van der Waals surface area contributed by atoms with Crippen molar-refractivity contribution in [1.82, 2.24) is 4.98 Å². The molecule has 0 bridgehead atoms. The van der Waals surface area contributed by atoms with E-state index in [1.807, 2.05) is 11.8 Å². The number of thioether (sulfide) groups is 1. The molecule has 0 spiro atoms. The number of carbonyl (C=O) groups is 1. The molecular formula is C13H19NO2S2. The van der Waals surface area contributed by atoms with Crippen LogP contribution < -0.4 is 0 Å². The largest absolute Gasteiger partial charge is 0.469 e. The molecule has 1 aliphatic rings. The van der Waals surface area contributed by atoms with Gasteiger partial charge in [-0.25, -0.2) is 4.98 Å². The van der Waals surface area contributed by atoms with Crippen molar-refractivity contribution in [2.75, 3.05) is 12.9 Å². The van der Waals surface area contributed by atoms with E-state index in [9.17, 15) is 4.79 Å². The van der Waals surface area contributed by atoms with Gasteiger partial charge in [0.2, 0.25) is 0 Å². The van der Waals surface area contributed by atoms with E-state index in [0.717, 1.165) is 30.0 Å². The second kappa shape index (κ2) is 5.61. The van der Waals surface area contributed by atoms with Crippen LogP contribution in [0.2, 0.25) is 0 Å². The van der Waals surface area contributed by atoms with Gasteiger partial charge in [0.05, 0.1) is 19.2 Å². The van der Waals surface area contributed by atoms with Crippen LogP contribution in [-0.2, 0) is 15.3 Å². The molecule has 0 aliphatic heterocycles. The van der Waals surface area contributed by atoms with Gasteiger partial charge in [-0.2, -0.15) is 11.8 Å². The van der Waals surface area contributed by atoms with Gasteiger partial charge in [0, 0.05) is 10.6 Å². The Morgan fingerprint density at radius 1 is 1.50 bits per heavy atom. The number of carbonyl (C=O) groups excluding carboxylic acids is 1. The van der Waals surface area contributed by atoms with Crippen LogP contribution in [0.4, 0.5) is 0 Å². The molecule has 0 saturated heterocycles. The summed E-state index contributed by atoms with van der Waals surface area (Å²) in [4.78, 5) is 17.1. The number of aromatic nitrogens is 1. The van der Waals surface area contributed by atoms with E-state index in [0.29, 0.717) is 6.42 Å². The number of rotatable bonds is 6. The van der Waals surface area contributed by atoms with E-state index in [-0.39, 0.29) is 11.4 Å². The Hall–Kier alpha value is -0.550. The van der Waals surface area contributed by atoms with Gasteiger partial charge in [-0.05, 0) is 37.9 Å². The average molecular weight is 285 g/mol. The van der Waals surface area contributed by atoms with E-state index >= 15 is 0 Å². The second-order valence-corrected chi connectivity index (χ2v) is 7.27. The van der Waals surface area contributed by atoms with Crippen LogP contribution in [0.1, 0.15) is 34.8 Å². The van der Waals surface area contributed by atoms with Crippen molar-refractivity contribution in [2.24, 2.45) is 5.41 Å². The predicted octanol–water partition coefficient (Wildman–Crippen LogP) is 3.34. The minimum atomic E-state index is -0.0750. The van der Waals surface area contributed by atoms with Gasteiger partial charge >= 0.3 is 5.97 Å². The average Bonchev–Trinajstić information content (AvgIpc) is 3.00. The third-order valence-corrected chi connectivity index (χ3v) is 5.96. The summed E-state index contributed by atoms with van der Waals surface area (Å²) in [5.74, 6) is 1.93. The van der Waals surface area contributed by atoms with Crippen LogP contribution in [0.25, 0.3) is 0 Å². The fourth-order valence-corrected chi connectivity index (χ4v) is 4.26. The molecule has 1 aliphatic carbocycles. The molecule has 1 saturated carbocycles. The highest BCUT2D eigenvalue weighted by Gasteiger charge is 2.44. The zero-order chi connectivity index (χ0) is 13.2. The van der Waals surface area contributed by atoms with Gasteiger partial charge in [-0.1, -0.05) is 0 Å². The first-order valence-electron chi connectivity index (χ1n) is 6.12. The summed E-state index contributed by atoms with van der Waals surface area (Å²) in [5, 5.41) is 1.20. The smallest absolute Gasteiger partial charge is 0.306 e. The summed E-state index contributed by atoms with van der Waals surface area (Å²) in [5.41, 5.74) is 1.37. The Labute approximate surface area is 116 Å². The lowest BCUT2D eigenvalue weighted by atomic mass is 10.1. The van der Waals surface area contributed by atoms with Crippen LogP contribution in [0.15, 0.2) is 0 Å². The molecule has 0 aromatic carbocycles. The Morgan fingerprint density at radius 2 is 2.22 bits per heavy atom. The molecule has 1 aromatic heterocycles. The van der Waals surface area contributed by atoms with Crippen molar-refractivity contribution in [1.29, 1.82) is 0 Å². The van der Waals surface area contributed by atoms with Gasteiger partial charge in [0.25, 0.3) is 0 Å². The zero-order valence-corrected chi connectivity index (χ0v) is 12.7. The lowest BCUT2D eigenvalue weighted by Gasteiger charge is -2.12. The molecule has 1 fully saturated rings. The third kappa shape index (κ3) is 3.48. The first-order chi connectivity index (χ1) is 8.54. The fraction of sp³-hybridized carbons (Fsp3) is 0.692. The molecule has 3 nitrogen and oxygen atoms in total. The van der Waals surface area contributed by atoms with Gasteiger partial charge in [0.1, 0.15) is 5.01 Å². The molecule has 100 valence electrons. The highest BCUT2D eigenvalue weighted by Crippen LogP contribution is 2.51. The highest BCUT2D eigenvalue weighted by atomic mass is 32.2. The van der Waals surface area contributed by atoms with Gasteiger partial charge in [-0.3, -0.25) is 4.79 Å². The van der Waals surface area contributed by atoms with Gasteiger partial charge < -0.3 is 4.74 Å². The van der Waals surface area contributed by atoms with E-state index in [4.69, 9.17) is 4.74 Å². The lowest BCUT2D eigenvalue weighted by molar-refractivity contribution is -0.141. The quantitative estimate of drug-likeness (QED) is 0.752. The van der Waals surface area contributed by atoms with Gasteiger partial charge in [0.15, 0.2) is 0 Å². The van der Waals surface area contributed by atoms with Crippen LogP contribution >= 0.6 is 23.1 Å². The van der Waals surface area contributed by atoms with E-state index in [1.165, 1.54) is 17.0 Å². The Morgan fingerprint density at radius 3 is 2.72 bits per heavy atom. The summed E-state index contributed by atoms with van der Waals surface area (Å²) in [6.45, 7) is 4.17. The number of aryl methyl sites for hydroxylation is 2. The predicted molar refractivity (Wildman–Crippen MR) is 76.1 cm³/mol. The maximum Gasteiger partial charge on any atom is 0.306 e. The van der Waals surface area contributed by atoms with Gasteiger partial charge in [-0.15, -0.1) is 11.3 Å². The summed E-state index contributed by atoms with van der Waals surface area (Å²) >= 11 is 3.67. The van der Waals surface area contributed by atoms with Crippen molar-refractivity contribution in [3.05, 3.63) is 15.6 Å². The topological polar surface area (TPSA) is 39.2 Å². The lowest BCUT2D eigenvalue weighted by Crippen LogP contribution is -2.13. The van der Waals surface area contributed by atoms with Crippen molar-refractivity contribution >= 4 is 29.1 Å². The minimum Gasteiger partial charge on any atom is -0.469 e. The Bertz CT molecular complexity index is 419. The van der Waals surface area contributed by atoms with Crippen LogP contribution in [0.5, 0.6) is 0 Å². The number of thiazole rings is 1. The van der Waals surface area contributed by atoms with E-state index in [2.05, 4.69) is 18.8 Å². The van der Waals surface area contributed by atoms with E-state index in [1.54, 1.807) is 11.3 Å². The molecule has 18 heavy (non-hydrogen) atoms. The first-order valence-corrected chi connectivity index (χ1v) is 8.09. The van der Waals surface area contributed by atoms with Crippen molar-refractivity contribution < 1.29 is 9.53 Å². The highest BCUT2D eigenvalue weighted by molar-refractivity contribution is 7.98. The normalized spacial score (nSPS) is 16.6. The molecule has 0 atom stereocenters. The van der Waals surface area contributed by atoms with Crippen molar-refractivity contribution in [3.8, 4) is 0 Å². The molecule has 0 unspecified atom stereocenters. The van der Waals surface area contributed by atoms with Crippen LogP contribution in [-0.4, -0.2) is 23.8 Å². The summed E-state index contributed by atoms with van der Waals surface area (Å²) in [7, 11) is 1.46. The van der Waals surface area contributed by atoms with Crippen LogP contribution in [0.3, 0.4) is 0 Å². The van der Waals surface area contributed by atoms with Crippen LogP contribution in [0, 0.1) is 19.3 Å². The summed E-state index contributed by atoms with van der Waals surface area (Å²) in [6.07, 6.45) is 2.89. The minimum absolute atomic E-state index is 0.0750. The third-order valence-electron chi connectivity index (χ3n) is 3.41. The molecule has 2 rings (SSSR count). The number of ether oxygens (including phenoxy) is 1. The molecule has 0 radical (unpaired) electrons. The zero-order valence-electron chi connectivity index (χ0n) is 11.1. The molecular weight excluding hydrogens is 266 g/mol. The maximum absolute atomic E-state index is 11.3. The number of hydrogen-bond donors (Lipinski definition) is 0.